The highest BCUT2D eigenvalue weighted by atomic mass is 32.2. The molecule has 0 saturated heterocycles. The first-order valence-electron chi connectivity index (χ1n) is 10.9. The number of anilines is 1. The van der Waals surface area contributed by atoms with Crippen molar-refractivity contribution in [3.8, 4) is 17.2 Å². The third-order valence-corrected chi connectivity index (χ3v) is 7.28. The van der Waals surface area contributed by atoms with Crippen LogP contribution in [-0.4, -0.2) is 42.2 Å². The van der Waals surface area contributed by atoms with E-state index >= 15 is 0 Å². The van der Waals surface area contributed by atoms with E-state index in [2.05, 4.69) is 5.32 Å². The molecule has 0 aromatic heterocycles. The maximum Gasteiger partial charge on any atom is 0.264 e. The molecule has 0 aliphatic carbocycles. The number of nitrogens with one attached hydrogen (secondary N) is 1. The lowest BCUT2D eigenvalue weighted by Crippen LogP contribution is -2.41. The van der Waals surface area contributed by atoms with Crippen LogP contribution >= 0.6 is 0 Å². The first kappa shape index (κ1) is 25.9. The summed E-state index contributed by atoms with van der Waals surface area (Å²) >= 11 is 0. The predicted octanol–water partition coefficient (Wildman–Crippen LogP) is 4.09. The Morgan fingerprint density at radius 2 is 1.57 bits per heavy atom. The number of nitrogens with zero attached hydrogens (tertiary/aromatic N) is 1. The number of hydrogen-bond acceptors (Lipinski definition) is 6. The van der Waals surface area contributed by atoms with Crippen LogP contribution in [0.1, 0.15) is 24.1 Å². The molecule has 0 radical (unpaired) electrons. The number of methoxy groups -OCH3 is 3. The van der Waals surface area contributed by atoms with Crippen molar-refractivity contribution < 1.29 is 27.4 Å². The fraction of sp³-hybridized carbons (Fsp3) is 0.269. The van der Waals surface area contributed by atoms with Crippen LogP contribution in [-0.2, 0) is 14.8 Å². The minimum absolute atomic E-state index is 0.0684. The Labute approximate surface area is 206 Å². The Hall–Kier alpha value is -3.72. The molecule has 0 heterocycles. The van der Waals surface area contributed by atoms with Crippen molar-refractivity contribution in [3.63, 3.8) is 0 Å². The van der Waals surface area contributed by atoms with Gasteiger partial charge >= 0.3 is 0 Å². The summed E-state index contributed by atoms with van der Waals surface area (Å²) in [6.07, 6.45) is 0. The minimum Gasteiger partial charge on any atom is -0.497 e. The number of carbonyl (C=O) groups is 1. The molecule has 3 aromatic rings. The Morgan fingerprint density at radius 1 is 0.914 bits per heavy atom. The van der Waals surface area contributed by atoms with Gasteiger partial charge in [-0.25, -0.2) is 8.42 Å². The van der Waals surface area contributed by atoms with Crippen LogP contribution in [0.2, 0.25) is 0 Å². The van der Waals surface area contributed by atoms with Gasteiger partial charge in [-0.1, -0.05) is 24.3 Å². The van der Waals surface area contributed by atoms with Gasteiger partial charge in [0.15, 0.2) is 0 Å². The molecule has 3 aromatic carbocycles. The van der Waals surface area contributed by atoms with E-state index in [0.717, 1.165) is 9.87 Å². The number of amides is 1. The van der Waals surface area contributed by atoms with Gasteiger partial charge in [-0.05, 0) is 61.9 Å². The van der Waals surface area contributed by atoms with Gasteiger partial charge in [-0.3, -0.25) is 9.10 Å². The van der Waals surface area contributed by atoms with Crippen molar-refractivity contribution in [2.75, 3.05) is 32.2 Å². The molecule has 0 aliphatic rings. The van der Waals surface area contributed by atoms with Gasteiger partial charge in [0.05, 0.1) is 38.0 Å². The molecule has 9 heteroatoms. The van der Waals surface area contributed by atoms with Crippen molar-refractivity contribution in [1.82, 2.24) is 5.32 Å². The SMILES string of the molecule is COc1ccc(OC)c(C(C)NC(=O)CN(c2cc(C)ccc2OC)S(=O)(=O)c2ccccc2)c1. The lowest BCUT2D eigenvalue weighted by atomic mass is 10.1. The van der Waals surface area contributed by atoms with Crippen LogP contribution in [0.4, 0.5) is 5.69 Å². The van der Waals surface area contributed by atoms with E-state index in [1.807, 2.05) is 13.0 Å². The minimum atomic E-state index is -4.07. The van der Waals surface area contributed by atoms with E-state index in [4.69, 9.17) is 14.2 Å². The van der Waals surface area contributed by atoms with Gasteiger partial charge in [-0.15, -0.1) is 0 Å². The average Bonchev–Trinajstić information content (AvgIpc) is 2.87. The van der Waals surface area contributed by atoms with Gasteiger partial charge in [-0.2, -0.15) is 0 Å². The molecular weight excluding hydrogens is 468 g/mol. The van der Waals surface area contributed by atoms with Crippen LogP contribution in [0.3, 0.4) is 0 Å². The van der Waals surface area contributed by atoms with Crippen molar-refractivity contribution >= 4 is 21.6 Å². The topological polar surface area (TPSA) is 94.2 Å². The summed E-state index contributed by atoms with van der Waals surface area (Å²) in [6.45, 7) is 3.18. The second-order valence-corrected chi connectivity index (χ2v) is 9.76. The molecule has 1 atom stereocenters. The summed E-state index contributed by atoms with van der Waals surface area (Å²) in [7, 11) is 0.474. The first-order chi connectivity index (χ1) is 16.7. The zero-order valence-electron chi connectivity index (χ0n) is 20.4. The Kier molecular flexibility index (Phi) is 8.24. The molecule has 0 spiro atoms. The number of rotatable bonds is 10. The zero-order chi connectivity index (χ0) is 25.6. The molecule has 1 unspecified atom stereocenters. The van der Waals surface area contributed by atoms with E-state index < -0.39 is 28.5 Å². The summed E-state index contributed by atoms with van der Waals surface area (Å²) in [5.74, 6) is 1.03. The number of hydrogen-bond donors (Lipinski definition) is 1. The van der Waals surface area contributed by atoms with Gasteiger partial charge in [0.1, 0.15) is 23.8 Å². The molecule has 0 fully saturated rings. The van der Waals surface area contributed by atoms with Crippen LogP contribution < -0.4 is 23.8 Å². The van der Waals surface area contributed by atoms with Gasteiger partial charge in [0.2, 0.25) is 5.91 Å². The predicted molar refractivity (Wildman–Crippen MR) is 135 cm³/mol. The van der Waals surface area contributed by atoms with Crippen LogP contribution in [0, 0.1) is 6.92 Å². The van der Waals surface area contributed by atoms with Gasteiger partial charge in [0.25, 0.3) is 10.0 Å². The summed E-state index contributed by atoms with van der Waals surface area (Å²) in [5, 5.41) is 2.88. The monoisotopic (exact) mass is 498 g/mol. The maximum absolute atomic E-state index is 13.6. The molecule has 0 saturated carbocycles. The van der Waals surface area contributed by atoms with Crippen LogP contribution in [0.5, 0.6) is 17.2 Å². The molecule has 3 rings (SSSR count). The third kappa shape index (κ3) is 5.86. The summed E-state index contributed by atoms with van der Waals surface area (Å²) in [4.78, 5) is 13.3. The average molecular weight is 499 g/mol. The van der Waals surface area contributed by atoms with Crippen molar-refractivity contribution in [3.05, 3.63) is 77.9 Å². The third-order valence-electron chi connectivity index (χ3n) is 5.50. The molecule has 1 amide bonds. The smallest absolute Gasteiger partial charge is 0.264 e. The van der Waals surface area contributed by atoms with Crippen molar-refractivity contribution in [2.45, 2.75) is 24.8 Å². The Balaban J connectivity index is 1.97. The Morgan fingerprint density at radius 3 is 2.20 bits per heavy atom. The molecule has 35 heavy (non-hydrogen) atoms. The van der Waals surface area contributed by atoms with E-state index in [1.54, 1.807) is 62.6 Å². The number of benzene rings is 3. The summed E-state index contributed by atoms with van der Waals surface area (Å²) in [6, 6.07) is 18.0. The normalized spacial score (nSPS) is 11.9. The largest absolute Gasteiger partial charge is 0.497 e. The molecular formula is C26H30N2O6S. The van der Waals surface area contributed by atoms with Gasteiger partial charge in [0, 0.05) is 5.56 Å². The standard InChI is InChI=1S/C26H30N2O6S/c1-18-11-13-25(34-5)23(15-18)28(35(30,31)21-9-7-6-8-10-21)17-26(29)27-19(2)22-16-20(32-3)12-14-24(22)33-4/h6-16,19H,17H2,1-5H3,(H,27,29). The molecule has 0 bridgehead atoms. The summed E-state index contributed by atoms with van der Waals surface area (Å²) in [5.41, 5.74) is 1.80. The lowest BCUT2D eigenvalue weighted by Gasteiger charge is -2.27. The molecule has 8 nitrogen and oxygen atoms in total. The van der Waals surface area contributed by atoms with E-state index in [-0.39, 0.29) is 10.6 Å². The quantitative estimate of drug-likeness (QED) is 0.452. The molecule has 0 aliphatic heterocycles. The number of sulfonamides is 1. The lowest BCUT2D eigenvalue weighted by molar-refractivity contribution is -0.120. The van der Waals surface area contributed by atoms with Crippen molar-refractivity contribution in [2.24, 2.45) is 0 Å². The zero-order valence-corrected chi connectivity index (χ0v) is 21.3. The van der Waals surface area contributed by atoms with E-state index in [0.29, 0.717) is 22.8 Å². The first-order valence-corrected chi connectivity index (χ1v) is 12.4. The summed E-state index contributed by atoms with van der Waals surface area (Å²) < 4.78 is 44.5. The number of carbonyl (C=O) groups excluding carboxylic acids is 1. The Bertz CT molecular complexity index is 1280. The van der Waals surface area contributed by atoms with Crippen LogP contribution in [0.15, 0.2) is 71.6 Å². The highest BCUT2D eigenvalue weighted by molar-refractivity contribution is 7.92. The van der Waals surface area contributed by atoms with E-state index in [1.165, 1.54) is 26.4 Å². The second-order valence-electron chi connectivity index (χ2n) is 7.90. The van der Waals surface area contributed by atoms with Crippen LogP contribution in [0.25, 0.3) is 0 Å². The number of aryl methyl sites for hydroxylation is 1. The number of ether oxygens (including phenoxy) is 3. The molecule has 1 N–H and O–H groups in total. The fourth-order valence-electron chi connectivity index (χ4n) is 3.69. The molecule has 186 valence electrons. The second kappa shape index (κ2) is 11.1. The highest BCUT2D eigenvalue weighted by Crippen LogP contribution is 2.34. The van der Waals surface area contributed by atoms with Gasteiger partial charge < -0.3 is 19.5 Å². The fourth-order valence-corrected chi connectivity index (χ4v) is 5.13. The maximum atomic E-state index is 13.6. The highest BCUT2D eigenvalue weighted by Gasteiger charge is 2.30. The van der Waals surface area contributed by atoms with E-state index in [9.17, 15) is 13.2 Å². The van der Waals surface area contributed by atoms with Crippen molar-refractivity contribution in [1.29, 1.82) is 0 Å².